The molecule has 9 heteroatoms. The molecule has 4 rings (SSSR count). The second kappa shape index (κ2) is 11.3. The Balaban J connectivity index is 1.52. The van der Waals surface area contributed by atoms with Crippen LogP contribution in [0.5, 0.6) is 5.75 Å². The number of nitrogens with one attached hydrogen (secondary N) is 2. The third-order valence-electron chi connectivity index (χ3n) is 5.90. The monoisotopic (exact) mass is 551 g/mol. The summed E-state index contributed by atoms with van der Waals surface area (Å²) in [6, 6.07) is 27.3. The molecule has 190 valence electrons. The Hall–Kier alpha value is -3.46. The smallest absolute Gasteiger partial charge is 0.263 e. The normalized spacial score (nSPS) is 12.1. The van der Waals surface area contributed by atoms with Crippen molar-refractivity contribution in [1.82, 2.24) is 0 Å². The number of hydrogen-bond donors (Lipinski definition) is 4. The second-order valence-corrected chi connectivity index (χ2v) is 11.1. The lowest BCUT2D eigenvalue weighted by atomic mass is 9.99. The van der Waals surface area contributed by atoms with Gasteiger partial charge in [0.25, 0.3) is 10.0 Å². The van der Waals surface area contributed by atoms with Crippen LogP contribution in [0.3, 0.4) is 0 Å². The van der Waals surface area contributed by atoms with E-state index < -0.39 is 10.0 Å². The minimum Gasteiger partial charge on any atom is -0.497 e. The lowest BCUT2D eigenvalue weighted by molar-refractivity contribution is 0.413. The minimum absolute atomic E-state index is 0.0379. The van der Waals surface area contributed by atoms with Crippen LogP contribution in [-0.4, -0.2) is 21.4 Å². The standard InChI is InChI=1S/C28H26ClN3O3S2/c1-35-22-14-15-24(29)27(17-22)37(33,34)32-25-5-3-2-4-23(25)26(36)16-18-6-8-19(9-7-18)20-10-12-21(13-11-20)28(30)31/h2-15,17,26,32,36H,16H2,1H3,(H3,30,31). The average molecular weight is 552 g/mol. The maximum Gasteiger partial charge on any atom is 0.263 e. The van der Waals surface area contributed by atoms with Crippen LogP contribution in [0.1, 0.15) is 21.9 Å². The van der Waals surface area contributed by atoms with Gasteiger partial charge in [0, 0.05) is 16.9 Å². The van der Waals surface area contributed by atoms with Crippen molar-refractivity contribution >= 4 is 45.8 Å². The van der Waals surface area contributed by atoms with Gasteiger partial charge in [-0.15, -0.1) is 0 Å². The van der Waals surface area contributed by atoms with Gasteiger partial charge in [-0.05, 0) is 46.9 Å². The fourth-order valence-electron chi connectivity index (χ4n) is 3.91. The van der Waals surface area contributed by atoms with Gasteiger partial charge in [-0.1, -0.05) is 78.3 Å². The number of benzene rings is 4. The summed E-state index contributed by atoms with van der Waals surface area (Å²) >= 11 is 11.0. The number of sulfonamides is 1. The summed E-state index contributed by atoms with van der Waals surface area (Å²) in [4.78, 5) is -0.0639. The number of nitrogens with two attached hydrogens (primary N) is 1. The molecule has 0 spiro atoms. The summed E-state index contributed by atoms with van der Waals surface area (Å²) in [6.07, 6.45) is 0.589. The first-order chi connectivity index (χ1) is 17.7. The quantitative estimate of drug-likeness (QED) is 0.111. The molecule has 0 radical (unpaired) electrons. The molecule has 4 N–H and O–H groups in total. The first-order valence-electron chi connectivity index (χ1n) is 11.3. The molecule has 0 aliphatic rings. The number of rotatable bonds is 9. The number of halogens is 1. The molecule has 0 heterocycles. The summed E-state index contributed by atoms with van der Waals surface area (Å²) in [5.74, 6) is 0.430. The summed E-state index contributed by atoms with van der Waals surface area (Å²) in [5, 5.41) is 7.37. The van der Waals surface area contributed by atoms with Crippen LogP contribution in [0, 0.1) is 5.41 Å². The Bertz CT molecular complexity index is 1520. The Labute approximate surface area is 227 Å². The lowest BCUT2D eigenvalue weighted by Crippen LogP contribution is -2.15. The molecule has 37 heavy (non-hydrogen) atoms. The van der Waals surface area contributed by atoms with E-state index in [0.29, 0.717) is 23.4 Å². The summed E-state index contributed by atoms with van der Waals surface area (Å²) < 4.78 is 34.1. The summed E-state index contributed by atoms with van der Waals surface area (Å²) in [5.41, 5.74) is 10.5. The maximum atomic E-state index is 13.2. The lowest BCUT2D eigenvalue weighted by Gasteiger charge is -2.18. The van der Waals surface area contributed by atoms with Crippen LogP contribution >= 0.6 is 24.2 Å². The molecule has 1 unspecified atom stereocenters. The van der Waals surface area contributed by atoms with E-state index in [4.69, 9.17) is 40.1 Å². The zero-order valence-electron chi connectivity index (χ0n) is 20.0. The van der Waals surface area contributed by atoms with E-state index in [0.717, 1.165) is 22.3 Å². The van der Waals surface area contributed by atoms with Gasteiger partial charge in [0.05, 0.1) is 17.8 Å². The molecule has 0 fully saturated rings. The summed E-state index contributed by atoms with van der Waals surface area (Å²) in [6.45, 7) is 0. The highest BCUT2D eigenvalue weighted by molar-refractivity contribution is 7.92. The minimum atomic E-state index is -3.97. The molecule has 0 aromatic heterocycles. The van der Waals surface area contributed by atoms with Gasteiger partial charge >= 0.3 is 0 Å². The number of thiol groups is 1. The predicted molar refractivity (Wildman–Crippen MR) is 154 cm³/mol. The van der Waals surface area contributed by atoms with Gasteiger partial charge in [-0.3, -0.25) is 10.1 Å². The molecule has 0 aliphatic heterocycles. The van der Waals surface area contributed by atoms with Crippen molar-refractivity contribution in [2.75, 3.05) is 11.8 Å². The predicted octanol–water partition coefficient (Wildman–Crippen LogP) is 6.31. The Morgan fingerprint density at radius 2 is 1.62 bits per heavy atom. The van der Waals surface area contributed by atoms with E-state index >= 15 is 0 Å². The van der Waals surface area contributed by atoms with Crippen molar-refractivity contribution in [3.63, 3.8) is 0 Å². The van der Waals surface area contributed by atoms with E-state index in [-0.39, 0.29) is 21.0 Å². The van der Waals surface area contributed by atoms with Gasteiger partial charge in [-0.25, -0.2) is 8.42 Å². The molecule has 6 nitrogen and oxygen atoms in total. The third-order valence-corrected chi connectivity index (χ3v) is 8.21. The largest absolute Gasteiger partial charge is 0.497 e. The number of anilines is 1. The van der Waals surface area contributed by atoms with Gasteiger partial charge in [0.15, 0.2) is 0 Å². The third kappa shape index (κ3) is 6.28. The zero-order chi connectivity index (χ0) is 26.6. The van der Waals surface area contributed by atoms with Crippen molar-refractivity contribution in [2.24, 2.45) is 5.73 Å². The molecule has 4 aromatic carbocycles. The number of ether oxygens (including phenoxy) is 1. The number of nitrogen functional groups attached to an aromatic ring is 1. The highest BCUT2D eigenvalue weighted by Gasteiger charge is 2.22. The highest BCUT2D eigenvalue weighted by atomic mass is 35.5. The molecular weight excluding hydrogens is 526 g/mol. The van der Waals surface area contributed by atoms with Gasteiger partial charge < -0.3 is 10.5 Å². The van der Waals surface area contributed by atoms with Crippen molar-refractivity contribution < 1.29 is 13.2 Å². The summed E-state index contributed by atoms with van der Waals surface area (Å²) in [7, 11) is -2.50. The topological polar surface area (TPSA) is 105 Å². The van der Waals surface area contributed by atoms with Crippen LogP contribution in [0.25, 0.3) is 11.1 Å². The first-order valence-corrected chi connectivity index (χ1v) is 13.7. The fourth-order valence-corrected chi connectivity index (χ4v) is 5.95. The van der Waals surface area contributed by atoms with E-state index in [1.807, 2.05) is 60.7 Å². The number of amidine groups is 1. The van der Waals surface area contributed by atoms with Crippen LogP contribution < -0.4 is 15.2 Å². The van der Waals surface area contributed by atoms with Crippen molar-refractivity contribution in [3.8, 4) is 16.9 Å². The van der Waals surface area contributed by atoms with E-state index in [1.54, 1.807) is 18.2 Å². The van der Waals surface area contributed by atoms with Crippen LogP contribution in [0.2, 0.25) is 5.02 Å². The van der Waals surface area contributed by atoms with Crippen molar-refractivity contribution in [1.29, 1.82) is 5.41 Å². The van der Waals surface area contributed by atoms with Crippen LogP contribution in [-0.2, 0) is 16.4 Å². The fraction of sp³-hybridized carbons (Fsp3) is 0.107. The molecule has 0 saturated carbocycles. The molecule has 0 amide bonds. The Kier molecular flexibility index (Phi) is 8.12. The number of para-hydroxylation sites is 1. The molecule has 0 bridgehead atoms. The maximum absolute atomic E-state index is 13.2. The van der Waals surface area contributed by atoms with Crippen molar-refractivity contribution in [3.05, 3.63) is 113 Å². The van der Waals surface area contributed by atoms with Gasteiger partial charge in [-0.2, -0.15) is 12.6 Å². The first kappa shape index (κ1) is 26.6. The van der Waals surface area contributed by atoms with Gasteiger partial charge in [0.2, 0.25) is 0 Å². The van der Waals surface area contributed by atoms with Crippen LogP contribution in [0.4, 0.5) is 5.69 Å². The van der Waals surface area contributed by atoms with E-state index in [2.05, 4.69) is 4.72 Å². The number of hydrogen-bond acceptors (Lipinski definition) is 5. The Morgan fingerprint density at radius 1 is 1.00 bits per heavy atom. The molecule has 1 atom stereocenters. The highest BCUT2D eigenvalue weighted by Crippen LogP contribution is 2.34. The van der Waals surface area contributed by atoms with Crippen LogP contribution in [0.15, 0.2) is 95.9 Å². The van der Waals surface area contributed by atoms with Crippen molar-refractivity contribution in [2.45, 2.75) is 16.6 Å². The zero-order valence-corrected chi connectivity index (χ0v) is 22.4. The molecule has 0 saturated heterocycles. The number of methoxy groups -OCH3 is 1. The molecule has 4 aromatic rings. The van der Waals surface area contributed by atoms with E-state index in [1.165, 1.54) is 19.2 Å². The second-order valence-electron chi connectivity index (χ2n) is 8.40. The molecule has 0 aliphatic carbocycles. The van der Waals surface area contributed by atoms with E-state index in [9.17, 15) is 8.42 Å². The molecular formula is C28H26ClN3O3S2. The SMILES string of the molecule is COc1ccc(Cl)c(S(=O)(=O)Nc2ccccc2C(S)Cc2ccc(-c3ccc(C(=N)N)cc3)cc2)c1. The van der Waals surface area contributed by atoms with Gasteiger partial charge in [0.1, 0.15) is 16.5 Å². The Morgan fingerprint density at radius 3 is 2.24 bits per heavy atom. The average Bonchev–Trinajstić information content (AvgIpc) is 2.89.